The fraction of sp³-hybridized carbons (Fsp3) is 0.733. The summed E-state index contributed by atoms with van der Waals surface area (Å²) in [5.41, 5.74) is 0. The van der Waals surface area contributed by atoms with Crippen LogP contribution in [0.25, 0.3) is 0 Å². The molecule has 3 rings (SSSR count). The lowest BCUT2D eigenvalue weighted by atomic mass is 10.1. The number of piperidine rings is 1. The van der Waals surface area contributed by atoms with Gasteiger partial charge < -0.3 is 5.11 Å². The molecule has 0 aromatic carbocycles. The number of nitrogens with zero attached hydrogens (tertiary/aromatic N) is 2. The van der Waals surface area contributed by atoms with Crippen molar-refractivity contribution < 1.29 is 13.5 Å². The van der Waals surface area contributed by atoms with E-state index in [4.69, 9.17) is 0 Å². The Morgan fingerprint density at radius 1 is 1.23 bits per heavy atom. The van der Waals surface area contributed by atoms with Gasteiger partial charge in [-0.15, -0.1) is 11.3 Å². The lowest BCUT2D eigenvalue weighted by Gasteiger charge is -2.35. The highest BCUT2D eigenvalue weighted by Gasteiger charge is 2.34. The summed E-state index contributed by atoms with van der Waals surface area (Å²) in [4.78, 5) is 3.43. The van der Waals surface area contributed by atoms with Crippen molar-refractivity contribution in [2.45, 2.75) is 49.0 Å². The summed E-state index contributed by atoms with van der Waals surface area (Å²) >= 11 is 1.39. The van der Waals surface area contributed by atoms with Crippen molar-refractivity contribution in [1.82, 2.24) is 9.21 Å². The van der Waals surface area contributed by atoms with Gasteiger partial charge in [-0.1, -0.05) is 6.92 Å². The summed E-state index contributed by atoms with van der Waals surface area (Å²) < 4.78 is 27.5. The summed E-state index contributed by atoms with van der Waals surface area (Å²) in [7, 11) is -3.33. The Morgan fingerprint density at radius 2 is 1.95 bits per heavy atom. The third-order valence-corrected chi connectivity index (χ3v) is 8.31. The van der Waals surface area contributed by atoms with Crippen molar-refractivity contribution in [2.24, 2.45) is 0 Å². The molecule has 0 spiro atoms. The van der Waals surface area contributed by atoms with Gasteiger partial charge in [0.1, 0.15) is 4.21 Å². The highest BCUT2D eigenvalue weighted by molar-refractivity contribution is 7.91. The van der Waals surface area contributed by atoms with Gasteiger partial charge in [0.15, 0.2) is 0 Å². The third kappa shape index (κ3) is 3.23. The van der Waals surface area contributed by atoms with Gasteiger partial charge in [-0.3, -0.25) is 4.90 Å². The molecule has 2 saturated heterocycles. The zero-order valence-corrected chi connectivity index (χ0v) is 14.6. The lowest BCUT2D eigenvalue weighted by Crippen LogP contribution is -2.46. The molecule has 3 heterocycles. The molecule has 22 heavy (non-hydrogen) atoms. The highest BCUT2D eigenvalue weighted by atomic mass is 32.2. The Hall–Kier alpha value is -0.470. The van der Waals surface area contributed by atoms with Gasteiger partial charge in [-0.25, -0.2) is 8.42 Å². The van der Waals surface area contributed by atoms with Gasteiger partial charge in [0, 0.05) is 37.1 Å². The Labute approximate surface area is 136 Å². The molecule has 5 nitrogen and oxygen atoms in total. The fourth-order valence-electron chi connectivity index (χ4n) is 3.36. The zero-order chi connectivity index (χ0) is 15.7. The van der Waals surface area contributed by atoms with Gasteiger partial charge in [-0.2, -0.15) is 4.31 Å². The molecule has 0 radical (unpaired) electrons. The van der Waals surface area contributed by atoms with E-state index in [2.05, 4.69) is 4.90 Å². The van der Waals surface area contributed by atoms with E-state index >= 15 is 0 Å². The van der Waals surface area contributed by atoms with Gasteiger partial charge >= 0.3 is 0 Å². The van der Waals surface area contributed by atoms with Crippen molar-refractivity contribution in [3.63, 3.8) is 0 Å². The predicted molar refractivity (Wildman–Crippen MR) is 87.7 cm³/mol. The first-order valence-corrected chi connectivity index (χ1v) is 10.3. The van der Waals surface area contributed by atoms with E-state index in [1.54, 1.807) is 10.4 Å². The van der Waals surface area contributed by atoms with E-state index < -0.39 is 10.0 Å². The Balaban J connectivity index is 1.63. The second kappa shape index (κ2) is 6.57. The van der Waals surface area contributed by atoms with Crippen LogP contribution in [0.15, 0.2) is 16.3 Å². The molecule has 124 valence electrons. The number of hydrogen-bond donors (Lipinski definition) is 1. The molecular weight excluding hydrogens is 320 g/mol. The molecule has 1 N–H and O–H groups in total. The van der Waals surface area contributed by atoms with Gasteiger partial charge in [0.2, 0.25) is 0 Å². The van der Waals surface area contributed by atoms with E-state index in [0.29, 0.717) is 23.3 Å². The lowest BCUT2D eigenvalue weighted by molar-refractivity contribution is 0.132. The number of aryl methyl sites for hydroxylation is 1. The molecule has 0 bridgehead atoms. The molecule has 2 aliphatic rings. The Morgan fingerprint density at radius 3 is 2.50 bits per heavy atom. The van der Waals surface area contributed by atoms with Crippen LogP contribution in [0.1, 0.15) is 31.1 Å². The van der Waals surface area contributed by atoms with Crippen LogP contribution in [0, 0.1) is 0 Å². The van der Waals surface area contributed by atoms with Gasteiger partial charge in [0.05, 0.1) is 6.10 Å². The van der Waals surface area contributed by atoms with Crippen LogP contribution in [0.4, 0.5) is 0 Å². The Kier molecular flexibility index (Phi) is 4.89. The number of β-amino-alcohol motifs (C(OH)–C–C–N with tert-alkyl or cyclic N) is 1. The number of sulfonamides is 1. The summed E-state index contributed by atoms with van der Waals surface area (Å²) in [6.07, 6.45) is 3.23. The largest absolute Gasteiger partial charge is 0.392 e. The number of likely N-dealkylation sites (tertiary alicyclic amines) is 1. The maximum atomic E-state index is 12.7. The minimum atomic E-state index is -3.33. The molecule has 0 aliphatic carbocycles. The normalized spacial score (nSPS) is 25.8. The van der Waals surface area contributed by atoms with Crippen LogP contribution in [-0.2, 0) is 16.4 Å². The number of aliphatic hydroxyl groups is 1. The van der Waals surface area contributed by atoms with Crippen molar-refractivity contribution in [2.75, 3.05) is 26.2 Å². The molecule has 0 amide bonds. The molecule has 0 saturated carbocycles. The number of aliphatic hydroxyl groups excluding tert-OH is 1. The summed E-state index contributed by atoms with van der Waals surface area (Å²) in [5, 5.41) is 9.64. The Bertz CT molecular complexity index is 606. The number of hydrogen-bond acceptors (Lipinski definition) is 5. The molecule has 0 unspecified atom stereocenters. The van der Waals surface area contributed by atoms with Crippen LogP contribution in [-0.4, -0.2) is 61.1 Å². The van der Waals surface area contributed by atoms with Crippen LogP contribution in [0.3, 0.4) is 0 Å². The SMILES string of the molecule is CCc1ccc(S(=O)(=O)N2CCC(N3CC[C@@H](O)C3)CC2)s1. The van der Waals surface area contributed by atoms with E-state index in [1.165, 1.54) is 11.3 Å². The smallest absolute Gasteiger partial charge is 0.252 e. The molecule has 1 atom stereocenters. The van der Waals surface area contributed by atoms with Gasteiger partial charge in [0.25, 0.3) is 10.0 Å². The van der Waals surface area contributed by atoms with Crippen molar-refractivity contribution in [3.05, 3.63) is 17.0 Å². The number of thiophene rings is 1. The standard InChI is InChI=1S/C15H24N2O3S2/c1-2-14-3-4-15(21-14)22(19,20)17-9-5-12(6-10-17)16-8-7-13(18)11-16/h3-4,12-13,18H,2,5-11H2,1H3/t13-/m1/s1. The second-order valence-electron chi connectivity index (χ2n) is 6.15. The quantitative estimate of drug-likeness (QED) is 0.900. The fourth-order valence-corrected chi connectivity index (χ4v) is 6.28. The van der Waals surface area contributed by atoms with E-state index in [-0.39, 0.29) is 6.10 Å². The topological polar surface area (TPSA) is 60.9 Å². The van der Waals surface area contributed by atoms with E-state index in [9.17, 15) is 13.5 Å². The molecule has 1 aromatic heterocycles. The zero-order valence-electron chi connectivity index (χ0n) is 12.9. The van der Waals surface area contributed by atoms with E-state index in [0.717, 1.165) is 43.6 Å². The summed E-state index contributed by atoms with van der Waals surface area (Å²) in [5.74, 6) is 0. The van der Waals surface area contributed by atoms with Gasteiger partial charge in [-0.05, 0) is 37.8 Å². The first-order valence-electron chi connectivity index (χ1n) is 8.01. The number of rotatable bonds is 4. The molecule has 2 aliphatic heterocycles. The minimum absolute atomic E-state index is 0.208. The van der Waals surface area contributed by atoms with Crippen molar-refractivity contribution >= 4 is 21.4 Å². The van der Waals surface area contributed by atoms with Crippen LogP contribution >= 0.6 is 11.3 Å². The van der Waals surface area contributed by atoms with Crippen LogP contribution in [0.2, 0.25) is 0 Å². The predicted octanol–water partition coefficient (Wildman–Crippen LogP) is 1.53. The average Bonchev–Trinajstić information content (AvgIpc) is 3.16. The van der Waals surface area contributed by atoms with Crippen molar-refractivity contribution in [1.29, 1.82) is 0 Å². The maximum absolute atomic E-state index is 12.7. The molecular formula is C15H24N2O3S2. The van der Waals surface area contributed by atoms with E-state index in [1.807, 2.05) is 13.0 Å². The maximum Gasteiger partial charge on any atom is 0.252 e. The van der Waals surface area contributed by atoms with Crippen LogP contribution < -0.4 is 0 Å². The molecule has 1 aromatic rings. The first-order chi connectivity index (χ1) is 10.5. The molecule has 7 heteroatoms. The monoisotopic (exact) mass is 344 g/mol. The first kappa shape index (κ1) is 16.4. The highest BCUT2D eigenvalue weighted by Crippen LogP contribution is 2.29. The third-order valence-electron chi connectivity index (χ3n) is 4.71. The van der Waals surface area contributed by atoms with Crippen molar-refractivity contribution in [3.8, 4) is 0 Å². The summed E-state index contributed by atoms with van der Waals surface area (Å²) in [6.45, 7) is 4.88. The summed E-state index contributed by atoms with van der Waals surface area (Å²) in [6, 6.07) is 4.07. The minimum Gasteiger partial charge on any atom is -0.392 e. The average molecular weight is 345 g/mol. The second-order valence-corrected chi connectivity index (χ2v) is 9.48. The molecule has 2 fully saturated rings. The van der Waals surface area contributed by atoms with Crippen LogP contribution in [0.5, 0.6) is 0 Å².